The molecule has 2 rings (SSSR count). The van der Waals surface area contributed by atoms with E-state index in [1.165, 1.54) is 0 Å². The first-order chi connectivity index (χ1) is 14.4. The van der Waals surface area contributed by atoms with Crippen LogP contribution < -0.4 is 31.0 Å². The van der Waals surface area contributed by atoms with Gasteiger partial charge in [0.15, 0.2) is 5.11 Å². The lowest BCUT2D eigenvalue weighted by Gasteiger charge is -2.15. The quantitative estimate of drug-likeness (QED) is 0.131. The lowest BCUT2D eigenvalue weighted by molar-refractivity contribution is -0.128. The zero-order chi connectivity index (χ0) is 21.9. The van der Waals surface area contributed by atoms with Crippen LogP contribution in [0.3, 0.4) is 0 Å². The Labute approximate surface area is 186 Å². The summed E-state index contributed by atoms with van der Waals surface area (Å²) in [5, 5.41) is 5.72. The number of anilines is 2. The number of hydrogen-bond acceptors (Lipinski definition) is 7. The Morgan fingerprint density at radius 1 is 1.03 bits per heavy atom. The van der Waals surface area contributed by atoms with Crippen LogP contribution in [0.25, 0.3) is 0 Å². The Bertz CT molecular complexity index is 877. The largest absolute Gasteiger partial charge is 0.497 e. The zero-order valence-electron chi connectivity index (χ0n) is 16.6. The average molecular weight is 449 g/mol. The molecule has 1 atom stereocenters. The zero-order valence-corrected chi connectivity index (χ0v) is 18.3. The molecule has 0 radical (unpaired) electrons. The number of rotatable bonds is 9. The van der Waals surface area contributed by atoms with Crippen molar-refractivity contribution in [1.82, 2.24) is 10.9 Å². The minimum Gasteiger partial charge on any atom is -0.497 e. The SMILES string of the molecule is COc1ccc(NC(S)CC(=O)CC(=O)NNC(=S)Nc2ccccc2OC)cc1. The number of ether oxygens (including phenoxy) is 2. The van der Waals surface area contributed by atoms with Gasteiger partial charge in [0.1, 0.15) is 17.3 Å². The Kier molecular flexibility index (Phi) is 9.23. The van der Waals surface area contributed by atoms with Gasteiger partial charge in [-0.1, -0.05) is 12.1 Å². The van der Waals surface area contributed by atoms with E-state index in [0.29, 0.717) is 11.4 Å². The molecular formula is C20H24N4O4S2. The summed E-state index contributed by atoms with van der Waals surface area (Å²) in [6.07, 6.45) is -0.224. The molecule has 1 amide bonds. The monoisotopic (exact) mass is 448 g/mol. The Balaban J connectivity index is 1.71. The summed E-state index contributed by atoms with van der Waals surface area (Å²) in [6.45, 7) is 0. The third-order valence-corrected chi connectivity index (χ3v) is 4.39. The van der Waals surface area contributed by atoms with Gasteiger partial charge < -0.3 is 20.1 Å². The maximum atomic E-state index is 12.1. The number of amides is 1. The molecule has 0 aromatic heterocycles. The minimum atomic E-state index is -0.505. The van der Waals surface area contributed by atoms with Crippen LogP contribution in [0, 0.1) is 0 Å². The molecule has 2 aromatic rings. The topological polar surface area (TPSA) is 101 Å². The molecule has 0 fully saturated rings. The van der Waals surface area contributed by atoms with Gasteiger partial charge in [0.25, 0.3) is 0 Å². The summed E-state index contributed by atoms with van der Waals surface area (Å²) in [7, 11) is 3.13. The van der Waals surface area contributed by atoms with Crippen molar-refractivity contribution in [3.05, 3.63) is 48.5 Å². The molecule has 0 spiro atoms. The summed E-state index contributed by atoms with van der Waals surface area (Å²) in [6, 6.07) is 14.4. The van der Waals surface area contributed by atoms with Crippen LogP contribution in [0.5, 0.6) is 11.5 Å². The first-order valence-electron chi connectivity index (χ1n) is 9.00. The van der Waals surface area contributed by atoms with Crippen molar-refractivity contribution >= 4 is 53.0 Å². The van der Waals surface area contributed by atoms with Crippen molar-refractivity contribution in [2.24, 2.45) is 0 Å². The van der Waals surface area contributed by atoms with E-state index >= 15 is 0 Å². The fraction of sp³-hybridized carbons (Fsp3) is 0.250. The van der Waals surface area contributed by atoms with Crippen LogP contribution in [0.15, 0.2) is 48.5 Å². The second-order valence-corrected chi connectivity index (χ2v) is 7.17. The molecule has 0 aliphatic rings. The van der Waals surface area contributed by atoms with Gasteiger partial charge in [-0.25, -0.2) is 0 Å². The highest BCUT2D eigenvalue weighted by Crippen LogP contribution is 2.22. The first kappa shape index (κ1) is 23.3. The van der Waals surface area contributed by atoms with Gasteiger partial charge >= 0.3 is 0 Å². The molecule has 0 bridgehead atoms. The summed E-state index contributed by atoms with van der Waals surface area (Å²) in [4.78, 5) is 24.1. The van der Waals surface area contributed by atoms with Gasteiger partial charge in [0.05, 0.1) is 31.7 Å². The van der Waals surface area contributed by atoms with Gasteiger partial charge in [0, 0.05) is 12.1 Å². The molecule has 2 aromatic carbocycles. The number of thiocarbonyl (C=S) groups is 1. The van der Waals surface area contributed by atoms with Gasteiger partial charge in [0.2, 0.25) is 5.91 Å². The highest BCUT2D eigenvalue weighted by atomic mass is 32.1. The second-order valence-electron chi connectivity index (χ2n) is 6.14. The number of hydrazine groups is 1. The van der Waals surface area contributed by atoms with Gasteiger partial charge in [-0.2, -0.15) is 12.6 Å². The number of hydrogen-bond donors (Lipinski definition) is 5. The van der Waals surface area contributed by atoms with Crippen LogP contribution in [0.4, 0.5) is 11.4 Å². The normalized spacial score (nSPS) is 11.0. The van der Waals surface area contributed by atoms with Crippen molar-refractivity contribution in [2.45, 2.75) is 18.2 Å². The van der Waals surface area contributed by atoms with Crippen LogP contribution in [-0.2, 0) is 9.59 Å². The highest BCUT2D eigenvalue weighted by molar-refractivity contribution is 7.81. The standard InChI is InChI=1S/C20H24N4O4S2/c1-27-15-9-7-13(8-10-15)21-19(29)12-14(25)11-18(26)23-24-20(30)22-16-5-3-4-6-17(16)28-2/h3-10,19,21,29H,11-12H2,1-2H3,(H,23,26)(H2,22,24,30). The molecule has 0 aliphatic carbocycles. The fourth-order valence-electron chi connectivity index (χ4n) is 2.47. The number of methoxy groups -OCH3 is 2. The maximum Gasteiger partial charge on any atom is 0.245 e. The number of para-hydroxylation sites is 2. The molecule has 1 unspecified atom stereocenters. The number of ketones is 1. The molecule has 10 heteroatoms. The van der Waals surface area contributed by atoms with E-state index in [-0.39, 0.29) is 23.7 Å². The number of thiol groups is 1. The lowest BCUT2D eigenvalue weighted by atomic mass is 10.2. The van der Waals surface area contributed by atoms with Gasteiger partial charge in [-0.15, -0.1) is 0 Å². The van der Waals surface area contributed by atoms with Crippen LogP contribution in [0.1, 0.15) is 12.8 Å². The number of nitrogens with one attached hydrogen (secondary N) is 4. The van der Waals surface area contributed by atoms with Crippen molar-refractivity contribution in [1.29, 1.82) is 0 Å². The van der Waals surface area contributed by atoms with E-state index in [2.05, 4.69) is 34.1 Å². The third kappa shape index (κ3) is 7.80. The lowest BCUT2D eigenvalue weighted by Crippen LogP contribution is -2.44. The van der Waals surface area contributed by atoms with Crippen molar-refractivity contribution < 1.29 is 19.1 Å². The highest BCUT2D eigenvalue weighted by Gasteiger charge is 2.14. The number of benzene rings is 2. The van der Waals surface area contributed by atoms with Crippen molar-refractivity contribution in [2.75, 3.05) is 24.9 Å². The minimum absolute atomic E-state index is 0.0759. The predicted octanol–water partition coefficient (Wildman–Crippen LogP) is 2.74. The van der Waals surface area contributed by atoms with Gasteiger partial charge in [-0.05, 0) is 48.6 Å². The number of Topliss-reactive ketones (excluding diaryl/α,β-unsaturated/α-hetero) is 1. The smallest absolute Gasteiger partial charge is 0.245 e. The van der Waals surface area contributed by atoms with E-state index in [4.69, 9.17) is 21.7 Å². The Morgan fingerprint density at radius 2 is 1.73 bits per heavy atom. The second kappa shape index (κ2) is 11.9. The van der Waals surface area contributed by atoms with E-state index in [9.17, 15) is 9.59 Å². The van der Waals surface area contributed by atoms with Crippen molar-refractivity contribution in [3.63, 3.8) is 0 Å². The van der Waals surface area contributed by atoms with E-state index < -0.39 is 11.3 Å². The Morgan fingerprint density at radius 3 is 2.40 bits per heavy atom. The molecule has 4 N–H and O–H groups in total. The van der Waals surface area contributed by atoms with Crippen LogP contribution >= 0.6 is 24.8 Å². The summed E-state index contributed by atoms with van der Waals surface area (Å²) in [5.41, 5.74) is 6.39. The maximum absolute atomic E-state index is 12.1. The fourth-order valence-corrected chi connectivity index (χ4v) is 2.98. The Hall–Kier alpha value is -2.98. The molecule has 8 nitrogen and oxygen atoms in total. The molecule has 0 aliphatic heterocycles. The summed E-state index contributed by atoms with van der Waals surface area (Å²) in [5.74, 6) is 0.565. The van der Waals surface area contributed by atoms with Crippen molar-refractivity contribution in [3.8, 4) is 11.5 Å². The molecule has 0 heterocycles. The van der Waals surface area contributed by atoms with Gasteiger partial charge in [-0.3, -0.25) is 20.4 Å². The predicted molar refractivity (Wildman–Crippen MR) is 124 cm³/mol. The summed E-state index contributed by atoms with van der Waals surface area (Å²) < 4.78 is 10.3. The number of carbonyl (C=O) groups is 2. The molecule has 30 heavy (non-hydrogen) atoms. The third-order valence-electron chi connectivity index (χ3n) is 3.87. The molecular weight excluding hydrogens is 424 g/mol. The first-order valence-corrected chi connectivity index (χ1v) is 9.93. The molecule has 0 saturated heterocycles. The van der Waals surface area contributed by atoms with E-state index in [1.807, 2.05) is 24.3 Å². The van der Waals surface area contributed by atoms with Crippen LogP contribution in [0.2, 0.25) is 0 Å². The average Bonchev–Trinajstić information content (AvgIpc) is 2.73. The molecule has 160 valence electrons. The van der Waals surface area contributed by atoms with Crippen LogP contribution in [-0.4, -0.2) is 36.4 Å². The molecule has 0 saturated carbocycles. The van der Waals surface area contributed by atoms with E-state index in [0.717, 1.165) is 11.4 Å². The van der Waals surface area contributed by atoms with E-state index in [1.54, 1.807) is 38.5 Å². The number of carbonyl (C=O) groups excluding carboxylic acids is 2. The summed E-state index contributed by atoms with van der Waals surface area (Å²) >= 11 is 9.49.